The van der Waals surface area contributed by atoms with E-state index in [1.807, 2.05) is 24.3 Å². The molecule has 0 bridgehead atoms. The third-order valence-electron chi connectivity index (χ3n) is 11.7. The molecule has 0 unspecified atom stereocenters. The highest BCUT2D eigenvalue weighted by molar-refractivity contribution is 7.25. The van der Waals surface area contributed by atoms with E-state index in [1.54, 1.807) is 11.3 Å². The molecule has 13 rings (SSSR count). The van der Waals surface area contributed by atoms with E-state index in [0.29, 0.717) is 17.5 Å². The molecule has 0 spiro atoms. The highest BCUT2D eigenvalue weighted by Crippen LogP contribution is 2.42. The number of rotatable bonds is 4. The molecule has 0 aliphatic heterocycles. The standard InChI is InChI=1S/C53H29N3O2S/c1-2-10-31-27-32(20-19-30(31)9-1)33-21-25-38-45(29-33)58-43-16-7-13-40(49(38)43)52-54-51(55-53(56-52)41-14-8-18-47-50(41)39-12-4-6-17-46(39)59-47)35-22-24-36-34(28-35)23-26-44-48(36)37-11-3-5-15-42(37)57-44/h1-29H. The summed E-state index contributed by atoms with van der Waals surface area (Å²) < 4.78 is 15.3. The second-order valence-electron chi connectivity index (χ2n) is 15.1. The Labute approximate surface area is 340 Å². The predicted octanol–water partition coefficient (Wildman–Crippen LogP) is 15.0. The van der Waals surface area contributed by atoms with Crippen molar-refractivity contribution < 1.29 is 8.83 Å². The first-order chi connectivity index (χ1) is 29.2. The molecule has 0 fully saturated rings. The Bertz CT molecular complexity index is 3870. The Balaban J connectivity index is 1.03. The van der Waals surface area contributed by atoms with Gasteiger partial charge in [-0.1, -0.05) is 121 Å². The Morgan fingerprint density at radius 1 is 0.322 bits per heavy atom. The van der Waals surface area contributed by atoms with E-state index in [2.05, 4.69) is 152 Å². The minimum atomic E-state index is 0.588. The van der Waals surface area contributed by atoms with Gasteiger partial charge in [-0.15, -0.1) is 11.3 Å². The van der Waals surface area contributed by atoms with Crippen LogP contribution in [0, 0.1) is 0 Å². The normalized spacial score (nSPS) is 12.1. The van der Waals surface area contributed by atoms with E-state index in [1.165, 1.54) is 25.6 Å². The number of nitrogens with zero attached hydrogens (tertiary/aromatic N) is 3. The maximum Gasteiger partial charge on any atom is 0.164 e. The lowest BCUT2D eigenvalue weighted by molar-refractivity contribution is 0.669. The lowest BCUT2D eigenvalue weighted by Gasteiger charge is -2.11. The van der Waals surface area contributed by atoms with E-state index in [-0.39, 0.29) is 0 Å². The number of hydrogen-bond donors (Lipinski definition) is 0. The van der Waals surface area contributed by atoms with Crippen molar-refractivity contribution in [3.63, 3.8) is 0 Å². The number of benzene rings is 9. The van der Waals surface area contributed by atoms with Crippen molar-refractivity contribution in [3.8, 4) is 45.3 Å². The third kappa shape index (κ3) is 5.00. The van der Waals surface area contributed by atoms with Gasteiger partial charge in [-0.25, -0.2) is 15.0 Å². The summed E-state index contributed by atoms with van der Waals surface area (Å²) >= 11 is 1.79. The molecule has 0 saturated carbocycles. The quantitative estimate of drug-likeness (QED) is 0.178. The molecular formula is C53H29N3O2S. The molecule has 0 aliphatic carbocycles. The molecule has 0 N–H and O–H groups in total. The van der Waals surface area contributed by atoms with Crippen molar-refractivity contribution in [1.82, 2.24) is 15.0 Å². The number of aromatic nitrogens is 3. The molecule has 0 aliphatic rings. The summed E-state index contributed by atoms with van der Waals surface area (Å²) in [6.45, 7) is 0. The van der Waals surface area contributed by atoms with Gasteiger partial charge in [0.25, 0.3) is 0 Å². The zero-order valence-corrected chi connectivity index (χ0v) is 32.1. The van der Waals surface area contributed by atoms with Gasteiger partial charge >= 0.3 is 0 Å². The smallest absolute Gasteiger partial charge is 0.164 e. The van der Waals surface area contributed by atoms with Gasteiger partial charge in [-0.05, 0) is 87.3 Å². The summed E-state index contributed by atoms with van der Waals surface area (Å²) in [7, 11) is 0. The van der Waals surface area contributed by atoms with Crippen molar-refractivity contribution in [2.75, 3.05) is 0 Å². The van der Waals surface area contributed by atoms with Gasteiger partial charge in [0.2, 0.25) is 0 Å². The Kier molecular flexibility index (Phi) is 6.82. The van der Waals surface area contributed by atoms with E-state index < -0.39 is 0 Å². The van der Waals surface area contributed by atoms with Gasteiger partial charge in [0.05, 0.1) is 0 Å². The molecular weight excluding hydrogens is 743 g/mol. The lowest BCUT2D eigenvalue weighted by atomic mass is 9.99. The van der Waals surface area contributed by atoms with Crippen molar-refractivity contribution in [3.05, 3.63) is 176 Å². The first-order valence-electron chi connectivity index (χ1n) is 19.7. The molecule has 0 amide bonds. The molecule has 0 saturated heterocycles. The molecule has 0 radical (unpaired) electrons. The number of thiophene rings is 1. The van der Waals surface area contributed by atoms with Gasteiger partial charge in [0.1, 0.15) is 22.3 Å². The van der Waals surface area contributed by atoms with Crippen molar-refractivity contribution in [2.24, 2.45) is 0 Å². The maximum atomic E-state index is 6.62. The van der Waals surface area contributed by atoms with E-state index in [4.69, 9.17) is 23.8 Å². The first kappa shape index (κ1) is 32.4. The van der Waals surface area contributed by atoms with Crippen LogP contribution >= 0.6 is 11.3 Å². The number of hydrogen-bond acceptors (Lipinski definition) is 6. The molecule has 9 aromatic carbocycles. The Morgan fingerprint density at radius 2 is 0.915 bits per heavy atom. The average Bonchev–Trinajstić information content (AvgIpc) is 3.99. The summed E-state index contributed by atoms with van der Waals surface area (Å²) in [6.07, 6.45) is 0. The number of fused-ring (bicyclic) bond motifs is 12. The monoisotopic (exact) mass is 771 g/mol. The van der Waals surface area contributed by atoms with Crippen molar-refractivity contribution in [2.45, 2.75) is 0 Å². The Morgan fingerprint density at radius 3 is 1.83 bits per heavy atom. The van der Waals surface area contributed by atoms with Crippen LogP contribution in [0.15, 0.2) is 185 Å². The third-order valence-corrected chi connectivity index (χ3v) is 12.9. The highest BCUT2D eigenvalue weighted by Gasteiger charge is 2.21. The topological polar surface area (TPSA) is 65.0 Å². The minimum absolute atomic E-state index is 0.588. The molecule has 59 heavy (non-hydrogen) atoms. The van der Waals surface area contributed by atoms with Crippen LogP contribution in [0.4, 0.5) is 0 Å². The summed E-state index contributed by atoms with van der Waals surface area (Å²) in [5.41, 5.74) is 8.36. The predicted molar refractivity (Wildman–Crippen MR) is 244 cm³/mol. The largest absolute Gasteiger partial charge is 0.456 e. The fourth-order valence-corrected chi connectivity index (χ4v) is 10.1. The lowest BCUT2D eigenvalue weighted by Crippen LogP contribution is -2.00. The summed E-state index contributed by atoms with van der Waals surface area (Å²) in [5, 5.41) is 11.2. The van der Waals surface area contributed by atoms with Crippen molar-refractivity contribution >= 4 is 96.9 Å². The molecule has 0 atom stereocenters. The van der Waals surface area contributed by atoms with Crippen molar-refractivity contribution in [1.29, 1.82) is 0 Å². The number of para-hydroxylation sites is 1. The fourth-order valence-electron chi connectivity index (χ4n) is 8.96. The highest BCUT2D eigenvalue weighted by atomic mass is 32.1. The second kappa shape index (κ2) is 12.4. The van der Waals surface area contributed by atoms with E-state index in [9.17, 15) is 0 Å². The molecule has 13 aromatic rings. The van der Waals surface area contributed by atoms with Gasteiger partial charge in [0.15, 0.2) is 17.5 Å². The first-order valence-corrected chi connectivity index (χ1v) is 20.5. The molecule has 4 heterocycles. The van der Waals surface area contributed by atoms with Gasteiger partial charge in [-0.3, -0.25) is 0 Å². The zero-order chi connectivity index (χ0) is 38.6. The van der Waals surface area contributed by atoms with Crippen LogP contribution in [0.25, 0.3) is 131 Å². The van der Waals surface area contributed by atoms with Crippen LogP contribution in [0.3, 0.4) is 0 Å². The van der Waals surface area contributed by atoms with Crippen LogP contribution in [0.5, 0.6) is 0 Å². The van der Waals surface area contributed by atoms with Gasteiger partial charge in [0, 0.05) is 58.4 Å². The van der Waals surface area contributed by atoms with Crippen LogP contribution in [-0.4, -0.2) is 15.0 Å². The van der Waals surface area contributed by atoms with Crippen LogP contribution in [0.1, 0.15) is 0 Å². The maximum absolute atomic E-state index is 6.62. The second-order valence-corrected chi connectivity index (χ2v) is 16.2. The molecule has 5 nitrogen and oxygen atoms in total. The Hall–Kier alpha value is -7.67. The summed E-state index contributed by atoms with van der Waals surface area (Å²) in [5.74, 6) is 1.81. The summed E-state index contributed by atoms with van der Waals surface area (Å²) in [4.78, 5) is 15.9. The summed E-state index contributed by atoms with van der Waals surface area (Å²) in [6, 6.07) is 61.5. The average molecular weight is 772 g/mol. The molecule has 6 heteroatoms. The zero-order valence-electron chi connectivity index (χ0n) is 31.3. The van der Waals surface area contributed by atoms with Crippen LogP contribution in [0.2, 0.25) is 0 Å². The SMILES string of the molecule is c1ccc2cc(-c3ccc4c(c3)oc3cccc(-c5nc(-c6ccc7c(ccc8oc9ccccc9c87)c6)nc(-c6cccc7sc8ccccc8c67)n5)c34)ccc2c1. The minimum Gasteiger partial charge on any atom is -0.456 e. The fraction of sp³-hybridized carbons (Fsp3) is 0. The van der Waals surface area contributed by atoms with Crippen LogP contribution in [-0.2, 0) is 0 Å². The number of furan rings is 2. The molecule has 274 valence electrons. The van der Waals surface area contributed by atoms with E-state index >= 15 is 0 Å². The molecule has 4 aromatic heterocycles. The van der Waals surface area contributed by atoms with E-state index in [0.717, 1.165) is 87.9 Å². The van der Waals surface area contributed by atoms with Crippen LogP contribution < -0.4 is 0 Å². The van der Waals surface area contributed by atoms with Gasteiger partial charge in [-0.2, -0.15) is 0 Å². The van der Waals surface area contributed by atoms with Gasteiger partial charge < -0.3 is 8.83 Å².